The Hall–Kier alpha value is -2.28. The summed E-state index contributed by atoms with van der Waals surface area (Å²) in [6, 6.07) is 19.2. The second-order valence-electron chi connectivity index (χ2n) is 4.58. The van der Waals surface area contributed by atoms with Crippen LogP contribution in [0.4, 0.5) is 0 Å². The van der Waals surface area contributed by atoms with E-state index in [4.69, 9.17) is 0 Å². The van der Waals surface area contributed by atoms with E-state index in [9.17, 15) is 0 Å². The van der Waals surface area contributed by atoms with Crippen molar-refractivity contribution in [1.29, 1.82) is 0 Å². The summed E-state index contributed by atoms with van der Waals surface area (Å²) in [7, 11) is 0. The number of H-pyrrole nitrogens is 1. The SMILES string of the molecule is [CH]1c2ccccc2-c2cccc(-c3ccc[nH]3)c21. The van der Waals surface area contributed by atoms with Crippen molar-refractivity contribution in [3.8, 4) is 22.4 Å². The Bertz CT molecular complexity index is 708. The summed E-state index contributed by atoms with van der Waals surface area (Å²) in [5, 5.41) is 0. The summed E-state index contributed by atoms with van der Waals surface area (Å²) in [6.07, 6.45) is 4.25. The highest BCUT2D eigenvalue weighted by molar-refractivity contribution is 5.87. The van der Waals surface area contributed by atoms with Crippen LogP contribution in [-0.2, 0) is 0 Å². The second kappa shape index (κ2) is 3.61. The number of aromatic nitrogens is 1. The molecule has 1 radical (unpaired) electrons. The first-order valence-corrected chi connectivity index (χ1v) is 6.14. The van der Waals surface area contributed by atoms with E-state index >= 15 is 0 Å². The largest absolute Gasteiger partial charge is 0.361 e. The van der Waals surface area contributed by atoms with Gasteiger partial charge >= 0.3 is 0 Å². The van der Waals surface area contributed by atoms with Crippen LogP contribution in [0, 0.1) is 6.42 Å². The topological polar surface area (TPSA) is 15.8 Å². The van der Waals surface area contributed by atoms with Gasteiger partial charge in [0.1, 0.15) is 0 Å². The summed E-state index contributed by atoms with van der Waals surface area (Å²) >= 11 is 0. The summed E-state index contributed by atoms with van der Waals surface area (Å²) < 4.78 is 0. The fourth-order valence-electron chi connectivity index (χ4n) is 2.71. The first-order chi connectivity index (χ1) is 8.93. The van der Waals surface area contributed by atoms with Crippen LogP contribution < -0.4 is 0 Å². The molecule has 1 aromatic heterocycles. The minimum atomic E-state index is 1.18. The average molecular weight is 230 g/mol. The van der Waals surface area contributed by atoms with Gasteiger partial charge < -0.3 is 4.98 Å². The summed E-state index contributed by atoms with van der Waals surface area (Å²) in [5.74, 6) is 0. The quantitative estimate of drug-likeness (QED) is 0.503. The molecule has 1 nitrogen and oxygen atoms in total. The highest BCUT2D eigenvalue weighted by atomic mass is 14.7. The Balaban J connectivity index is 1.97. The number of hydrogen-bond donors (Lipinski definition) is 1. The molecule has 1 heterocycles. The van der Waals surface area contributed by atoms with E-state index in [1.54, 1.807) is 0 Å². The lowest BCUT2D eigenvalue weighted by atomic mass is 9.99. The van der Waals surface area contributed by atoms with Gasteiger partial charge in [0.05, 0.1) is 0 Å². The van der Waals surface area contributed by atoms with Gasteiger partial charge in [0.15, 0.2) is 0 Å². The number of nitrogens with one attached hydrogen (secondary N) is 1. The highest BCUT2D eigenvalue weighted by Crippen LogP contribution is 2.42. The fraction of sp³-hybridized carbons (Fsp3) is 0. The van der Waals surface area contributed by atoms with Crippen molar-refractivity contribution in [2.24, 2.45) is 0 Å². The number of rotatable bonds is 1. The normalized spacial score (nSPS) is 12.2. The van der Waals surface area contributed by atoms with E-state index in [-0.39, 0.29) is 0 Å². The summed E-state index contributed by atoms with van der Waals surface area (Å²) in [5.41, 5.74) is 7.75. The van der Waals surface area contributed by atoms with Gasteiger partial charge in [-0.1, -0.05) is 42.5 Å². The second-order valence-corrected chi connectivity index (χ2v) is 4.58. The molecule has 3 aromatic rings. The van der Waals surface area contributed by atoms with Crippen molar-refractivity contribution in [2.75, 3.05) is 0 Å². The molecule has 0 saturated heterocycles. The Morgan fingerprint density at radius 3 is 2.39 bits per heavy atom. The van der Waals surface area contributed by atoms with E-state index in [1.807, 2.05) is 12.3 Å². The third-order valence-corrected chi connectivity index (χ3v) is 3.55. The smallest absolute Gasteiger partial charge is 0.0457 e. The van der Waals surface area contributed by atoms with E-state index in [0.717, 1.165) is 0 Å². The predicted octanol–water partition coefficient (Wildman–Crippen LogP) is 4.26. The van der Waals surface area contributed by atoms with E-state index in [1.165, 1.54) is 33.5 Å². The van der Waals surface area contributed by atoms with Crippen LogP contribution >= 0.6 is 0 Å². The van der Waals surface area contributed by atoms with E-state index < -0.39 is 0 Å². The number of fused-ring (bicyclic) bond motifs is 3. The van der Waals surface area contributed by atoms with Gasteiger partial charge in [-0.2, -0.15) is 0 Å². The molecule has 4 rings (SSSR count). The molecule has 1 aliphatic carbocycles. The zero-order valence-corrected chi connectivity index (χ0v) is 9.85. The van der Waals surface area contributed by atoms with Gasteiger partial charge in [-0.3, -0.25) is 0 Å². The third-order valence-electron chi connectivity index (χ3n) is 3.55. The number of hydrogen-bond acceptors (Lipinski definition) is 0. The lowest BCUT2D eigenvalue weighted by Gasteiger charge is -2.06. The lowest BCUT2D eigenvalue weighted by molar-refractivity contribution is 1.39. The van der Waals surface area contributed by atoms with E-state index in [2.05, 4.69) is 59.9 Å². The molecule has 0 saturated carbocycles. The fourth-order valence-corrected chi connectivity index (χ4v) is 2.71. The van der Waals surface area contributed by atoms with Crippen LogP contribution in [0.3, 0.4) is 0 Å². The highest BCUT2D eigenvalue weighted by Gasteiger charge is 2.21. The third kappa shape index (κ3) is 1.28. The maximum absolute atomic E-state index is 3.29. The molecular formula is C17H12N. The van der Waals surface area contributed by atoms with Crippen molar-refractivity contribution >= 4 is 0 Å². The molecule has 1 heteroatoms. The summed E-state index contributed by atoms with van der Waals surface area (Å²) in [4.78, 5) is 3.29. The molecule has 85 valence electrons. The van der Waals surface area contributed by atoms with Crippen LogP contribution in [0.1, 0.15) is 11.1 Å². The predicted molar refractivity (Wildman–Crippen MR) is 74.2 cm³/mol. The van der Waals surface area contributed by atoms with Crippen LogP contribution in [0.2, 0.25) is 0 Å². The van der Waals surface area contributed by atoms with Gasteiger partial charge in [-0.05, 0) is 34.4 Å². The Kier molecular flexibility index (Phi) is 1.95. The van der Waals surface area contributed by atoms with Gasteiger partial charge in [0.25, 0.3) is 0 Å². The Labute approximate surface area is 106 Å². The van der Waals surface area contributed by atoms with Crippen LogP contribution in [0.25, 0.3) is 22.4 Å². The van der Waals surface area contributed by atoms with Crippen molar-refractivity contribution < 1.29 is 0 Å². The molecule has 0 unspecified atom stereocenters. The van der Waals surface area contributed by atoms with Crippen molar-refractivity contribution in [1.82, 2.24) is 4.98 Å². The Morgan fingerprint density at radius 2 is 1.50 bits per heavy atom. The zero-order valence-electron chi connectivity index (χ0n) is 9.85. The lowest BCUT2D eigenvalue weighted by Crippen LogP contribution is -1.85. The molecule has 2 aromatic carbocycles. The van der Waals surface area contributed by atoms with Crippen molar-refractivity contribution in [2.45, 2.75) is 0 Å². The van der Waals surface area contributed by atoms with E-state index in [0.29, 0.717) is 0 Å². The zero-order chi connectivity index (χ0) is 11.9. The molecule has 0 amide bonds. The molecule has 0 spiro atoms. The summed E-state index contributed by atoms with van der Waals surface area (Å²) in [6.45, 7) is 0. The minimum Gasteiger partial charge on any atom is -0.361 e. The molecule has 1 aliphatic rings. The number of benzene rings is 2. The van der Waals surface area contributed by atoms with Crippen molar-refractivity contribution in [3.05, 3.63) is 78.3 Å². The monoisotopic (exact) mass is 230 g/mol. The minimum absolute atomic E-state index is 1.18. The number of aromatic amines is 1. The maximum Gasteiger partial charge on any atom is 0.0457 e. The van der Waals surface area contributed by atoms with Crippen LogP contribution in [-0.4, -0.2) is 4.98 Å². The molecule has 0 atom stereocenters. The molecule has 0 aliphatic heterocycles. The average Bonchev–Trinajstić information content (AvgIpc) is 3.05. The molecular weight excluding hydrogens is 218 g/mol. The molecule has 0 fully saturated rings. The standard InChI is InChI=1S/C17H12N/c1-2-6-13-12(5-1)11-16-14(13)7-3-8-15(16)17-9-4-10-18-17/h1-11,18H. The van der Waals surface area contributed by atoms with Gasteiger partial charge in [-0.15, -0.1) is 0 Å². The molecule has 0 bridgehead atoms. The first kappa shape index (κ1) is 9.72. The van der Waals surface area contributed by atoms with Gasteiger partial charge in [0.2, 0.25) is 0 Å². The van der Waals surface area contributed by atoms with Crippen LogP contribution in [0.5, 0.6) is 0 Å². The van der Waals surface area contributed by atoms with Gasteiger partial charge in [0, 0.05) is 23.9 Å². The maximum atomic E-state index is 3.29. The van der Waals surface area contributed by atoms with Crippen LogP contribution in [0.15, 0.2) is 60.8 Å². The molecule has 18 heavy (non-hydrogen) atoms. The van der Waals surface area contributed by atoms with Gasteiger partial charge in [-0.25, -0.2) is 0 Å². The molecule has 1 N–H and O–H groups in total. The Morgan fingerprint density at radius 1 is 0.667 bits per heavy atom. The first-order valence-electron chi connectivity index (χ1n) is 6.14. The van der Waals surface area contributed by atoms with Crippen molar-refractivity contribution in [3.63, 3.8) is 0 Å².